The molecule has 0 unspecified atom stereocenters. The number of halogens is 1. The predicted octanol–water partition coefficient (Wildman–Crippen LogP) is 7.25. The van der Waals surface area contributed by atoms with Gasteiger partial charge in [-0.2, -0.15) is 0 Å². The molecule has 1 aliphatic rings. The monoisotopic (exact) mass is 384 g/mol. The van der Waals surface area contributed by atoms with E-state index in [1.165, 1.54) is 29.5 Å². The Morgan fingerprint density at radius 1 is 1.24 bits per heavy atom. The third-order valence-corrected chi connectivity index (χ3v) is 4.76. The Balaban J connectivity index is 1.81. The Kier molecular flexibility index (Phi) is 6.81. The van der Waals surface area contributed by atoms with Gasteiger partial charge in [0.15, 0.2) is 0 Å². The molecule has 3 heteroatoms. The Hall–Kier alpha value is -3.38. The second kappa shape index (κ2) is 9.71. The van der Waals surface area contributed by atoms with Gasteiger partial charge in [-0.3, -0.25) is 0 Å². The smallest absolute Gasteiger partial charge is 0.123 e. The molecule has 2 aromatic rings. The molecule has 0 spiro atoms. The van der Waals surface area contributed by atoms with Gasteiger partial charge in [-0.25, -0.2) is 4.39 Å². The van der Waals surface area contributed by atoms with Gasteiger partial charge in [0.2, 0.25) is 0 Å². The van der Waals surface area contributed by atoms with Crippen molar-refractivity contribution < 1.29 is 4.39 Å². The first kappa shape index (κ1) is 20.4. The summed E-state index contributed by atoms with van der Waals surface area (Å²) in [6.45, 7) is 3.98. The van der Waals surface area contributed by atoms with E-state index in [-0.39, 0.29) is 5.82 Å². The predicted molar refractivity (Wildman–Crippen MR) is 120 cm³/mol. The second-order valence-electron chi connectivity index (χ2n) is 7.06. The van der Waals surface area contributed by atoms with Crippen LogP contribution in [0.5, 0.6) is 0 Å². The highest BCUT2D eigenvalue weighted by molar-refractivity contribution is 5.74. The number of H-pyrrole nitrogens is 1. The fourth-order valence-electron chi connectivity index (χ4n) is 3.37. The van der Waals surface area contributed by atoms with Crippen molar-refractivity contribution in [2.75, 3.05) is 0 Å². The summed E-state index contributed by atoms with van der Waals surface area (Å²) in [6, 6.07) is 8.59. The van der Waals surface area contributed by atoms with Crippen molar-refractivity contribution in [2.45, 2.75) is 33.1 Å². The van der Waals surface area contributed by atoms with Crippen molar-refractivity contribution in [3.63, 3.8) is 0 Å². The van der Waals surface area contributed by atoms with E-state index in [9.17, 15) is 4.39 Å². The summed E-state index contributed by atoms with van der Waals surface area (Å²) in [5.41, 5.74) is 13.9. The molecule has 1 aromatic carbocycles. The molecular formula is C26H25FN2. The van der Waals surface area contributed by atoms with Crippen molar-refractivity contribution in [1.82, 2.24) is 4.98 Å². The van der Waals surface area contributed by atoms with Crippen LogP contribution in [0.2, 0.25) is 0 Å². The van der Waals surface area contributed by atoms with Crippen LogP contribution in [0.3, 0.4) is 0 Å². The molecule has 0 radical (unpaired) electrons. The van der Waals surface area contributed by atoms with Crippen LogP contribution in [0.1, 0.15) is 44.4 Å². The number of allylic oxidation sites excluding steroid dienone is 5. The molecule has 2 nitrogen and oxygen atoms in total. The lowest BCUT2D eigenvalue weighted by atomic mass is 9.99. The number of fused-ring (bicyclic) bond motifs is 1. The van der Waals surface area contributed by atoms with E-state index >= 15 is 0 Å². The van der Waals surface area contributed by atoms with Crippen molar-refractivity contribution in [3.05, 3.63) is 93.8 Å². The molecule has 1 aliphatic carbocycles. The van der Waals surface area contributed by atoms with Gasteiger partial charge in [0.05, 0.1) is 5.69 Å². The van der Waals surface area contributed by atoms with E-state index < -0.39 is 0 Å². The zero-order valence-corrected chi connectivity index (χ0v) is 16.9. The zero-order valence-electron chi connectivity index (χ0n) is 16.9. The molecule has 1 aromatic heterocycles. The minimum Gasteiger partial charge on any atom is -0.354 e. The largest absolute Gasteiger partial charge is 0.354 e. The summed E-state index contributed by atoms with van der Waals surface area (Å²) in [7, 11) is 0. The van der Waals surface area contributed by atoms with Gasteiger partial charge in [-0.15, -0.1) is 11.5 Å². The second-order valence-corrected chi connectivity index (χ2v) is 7.06. The lowest BCUT2D eigenvalue weighted by molar-refractivity contribution is 0.628. The summed E-state index contributed by atoms with van der Waals surface area (Å²) in [4.78, 5) is 3.39. The van der Waals surface area contributed by atoms with Gasteiger partial charge in [-0.1, -0.05) is 11.6 Å². The molecule has 2 N–H and O–H groups in total. The quantitative estimate of drug-likeness (QED) is 0.287. The highest BCUT2D eigenvalue weighted by Crippen LogP contribution is 2.28. The van der Waals surface area contributed by atoms with E-state index in [0.29, 0.717) is 6.42 Å². The topological polar surface area (TPSA) is 39.6 Å². The summed E-state index contributed by atoms with van der Waals surface area (Å²) in [5.74, 6) is -0.236. The molecule has 0 saturated carbocycles. The van der Waals surface area contributed by atoms with E-state index in [1.54, 1.807) is 12.1 Å². The fraction of sp³-hybridized carbons (Fsp3) is 0.192. The van der Waals surface area contributed by atoms with Crippen LogP contribution in [0.25, 0.3) is 23.4 Å². The normalized spacial score (nSPS) is 12.7. The number of nitrogens with one attached hydrogen (secondary N) is 2. The number of hydrogen-bond donors (Lipinski definition) is 2. The fourth-order valence-corrected chi connectivity index (χ4v) is 3.37. The van der Waals surface area contributed by atoms with Crippen LogP contribution >= 0.6 is 0 Å². The zero-order chi connectivity index (χ0) is 20.6. The van der Waals surface area contributed by atoms with Crippen molar-refractivity contribution >= 4 is 18.4 Å². The summed E-state index contributed by atoms with van der Waals surface area (Å²) in [6.07, 6.45) is 14.0. The maximum atomic E-state index is 13.2. The van der Waals surface area contributed by atoms with Crippen molar-refractivity contribution in [3.8, 4) is 11.3 Å². The van der Waals surface area contributed by atoms with Gasteiger partial charge in [-0.05, 0) is 98.2 Å². The van der Waals surface area contributed by atoms with Gasteiger partial charge in [0.25, 0.3) is 0 Å². The van der Waals surface area contributed by atoms with E-state index in [2.05, 4.69) is 34.7 Å². The highest BCUT2D eigenvalue weighted by Gasteiger charge is 2.09. The molecular weight excluding hydrogens is 359 g/mol. The Morgan fingerprint density at radius 2 is 2.03 bits per heavy atom. The molecule has 146 valence electrons. The third kappa shape index (κ3) is 5.56. The van der Waals surface area contributed by atoms with E-state index in [4.69, 9.17) is 5.41 Å². The Morgan fingerprint density at radius 3 is 2.76 bits per heavy atom. The maximum absolute atomic E-state index is 13.2. The Bertz CT molecular complexity index is 1080. The van der Waals surface area contributed by atoms with Gasteiger partial charge in [0, 0.05) is 23.8 Å². The molecule has 0 bridgehead atoms. The van der Waals surface area contributed by atoms with Crippen LogP contribution in [-0.2, 0) is 0 Å². The third-order valence-electron chi connectivity index (χ3n) is 4.76. The summed E-state index contributed by atoms with van der Waals surface area (Å²) < 4.78 is 13.2. The first-order chi connectivity index (χ1) is 14.1. The molecule has 29 heavy (non-hydrogen) atoms. The standard InChI is InChI=1S/C26H25FN2/c1-3-5-19(2)16-21(14-15-28)9-8-20-6-4-7-25-23(17-20)18-26(29-25)22-10-12-24(27)13-11-22/h3,6-7,10-13,15-18,28-29H,8-9,14H2,1-2H3/b21-16-,28-15?. The maximum Gasteiger partial charge on any atom is 0.123 e. The number of rotatable bonds is 7. The lowest BCUT2D eigenvalue weighted by Crippen LogP contribution is -1.89. The average Bonchev–Trinajstić information content (AvgIpc) is 2.99. The van der Waals surface area contributed by atoms with E-state index in [1.807, 2.05) is 32.1 Å². The van der Waals surface area contributed by atoms with Gasteiger partial charge in [0.1, 0.15) is 5.82 Å². The summed E-state index contributed by atoms with van der Waals surface area (Å²) >= 11 is 0. The lowest BCUT2D eigenvalue weighted by Gasteiger charge is -2.06. The van der Waals surface area contributed by atoms with Crippen LogP contribution in [-0.4, -0.2) is 11.2 Å². The number of aromatic amines is 1. The highest BCUT2D eigenvalue weighted by atomic mass is 19.1. The SMILES string of the molecule is CC=C=C(C)/C=C(\CC=N)CCC1=Cc2cc(-c3ccc(F)cc3)[nH]c2C=C=C1. The molecule has 1 heterocycles. The van der Waals surface area contributed by atoms with Crippen molar-refractivity contribution in [2.24, 2.45) is 0 Å². The molecule has 0 aliphatic heterocycles. The van der Waals surface area contributed by atoms with Crippen LogP contribution in [0.4, 0.5) is 4.39 Å². The molecule has 3 rings (SSSR count). The Labute approximate surface area is 171 Å². The first-order valence-corrected chi connectivity index (χ1v) is 9.77. The van der Waals surface area contributed by atoms with Crippen LogP contribution < -0.4 is 0 Å². The minimum atomic E-state index is -0.236. The number of benzene rings is 1. The molecule has 0 atom stereocenters. The molecule has 0 saturated heterocycles. The van der Waals surface area contributed by atoms with E-state index in [0.717, 1.165) is 40.9 Å². The van der Waals surface area contributed by atoms with Gasteiger partial charge >= 0.3 is 0 Å². The minimum absolute atomic E-state index is 0.236. The van der Waals surface area contributed by atoms with Gasteiger partial charge < -0.3 is 10.4 Å². The first-order valence-electron chi connectivity index (χ1n) is 9.77. The average molecular weight is 384 g/mol. The number of hydrogen-bond acceptors (Lipinski definition) is 1. The van der Waals surface area contributed by atoms with Crippen LogP contribution in [0.15, 0.2) is 76.7 Å². The molecule has 0 fully saturated rings. The van der Waals surface area contributed by atoms with Crippen molar-refractivity contribution in [1.29, 1.82) is 5.41 Å². The van der Waals surface area contributed by atoms with Crippen LogP contribution in [0, 0.1) is 11.2 Å². The summed E-state index contributed by atoms with van der Waals surface area (Å²) in [5, 5.41) is 7.46. The number of aromatic nitrogens is 1. The molecule has 0 amide bonds.